The van der Waals surface area contributed by atoms with E-state index in [9.17, 15) is 0 Å². The number of hydrogen-bond donors (Lipinski definition) is 1. The molecule has 0 aliphatic heterocycles. The summed E-state index contributed by atoms with van der Waals surface area (Å²) in [5.74, 6) is 0. The standard InChI is InChI=1S/C16H22N2/c1-4-17-12(2)9-10-14-11-13(3)18-16-8-6-5-7-15(14)16/h5-8,11-12,17H,4,9-10H2,1-3H3. The Bertz CT molecular complexity index is 519. The molecule has 1 heterocycles. The molecule has 0 spiro atoms. The molecule has 2 aromatic rings. The van der Waals surface area contributed by atoms with Gasteiger partial charge in [-0.15, -0.1) is 0 Å². The van der Waals surface area contributed by atoms with Crippen molar-refractivity contribution < 1.29 is 0 Å². The summed E-state index contributed by atoms with van der Waals surface area (Å²) in [5, 5.41) is 4.76. The number of aryl methyl sites for hydroxylation is 2. The molecular weight excluding hydrogens is 220 g/mol. The van der Waals surface area contributed by atoms with Gasteiger partial charge in [0.15, 0.2) is 0 Å². The van der Waals surface area contributed by atoms with Gasteiger partial charge in [0.1, 0.15) is 0 Å². The summed E-state index contributed by atoms with van der Waals surface area (Å²) in [5.41, 5.74) is 3.64. The summed E-state index contributed by atoms with van der Waals surface area (Å²) in [6, 6.07) is 11.2. The van der Waals surface area contributed by atoms with Crippen LogP contribution in [-0.2, 0) is 6.42 Å². The number of fused-ring (bicyclic) bond motifs is 1. The molecule has 1 unspecified atom stereocenters. The molecule has 1 N–H and O–H groups in total. The molecule has 1 aromatic carbocycles. The second-order valence-electron chi connectivity index (χ2n) is 4.94. The van der Waals surface area contributed by atoms with Gasteiger partial charge >= 0.3 is 0 Å². The van der Waals surface area contributed by atoms with Crippen molar-refractivity contribution in [3.05, 3.63) is 41.6 Å². The summed E-state index contributed by atoms with van der Waals surface area (Å²) in [6.07, 6.45) is 2.28. The van der Waals surface area contributed by atoms with Crippen molar-refractivity contribution in [2.24, 2.45) is 0 Å². The van der Waals surface area contributed by atoms with Crippen LogP contribution in [0.2, 0.25) is 0 Å². The maximum absolute atomic E-state index is 4.58. The van der Waals surface area contributed by atoms with Crippen molar-refractivity contribution in [2.45, 2.75) is 39.7 Å². The minimum absolute atomic E-state index is 0.572. The highest BCUT2D eigenvalue weighted by molar-refractivity contribution is 5.82. The molecule has 0 saturated heterocycles. The SMILES string of the molecule is CCNC(C)CCc1cc(C)nc2ccccc12. The minimum atomic E-state index is 0.572. The maximum Gasteiger partial charge on any atom is 0.0707 e. The first-order valence-corrected chi connectivity index (χ1v) is 6.79. The van der Waals surface area contributed by atoms with E-state index in [2.05, 4.69) is 61.4 Å². The smallest absolute Gasteiger partial charge is 0.0707 e. The summed E-state index contributed by atoms with van der Waals surface area (Å²) in [7, 11) is 0. The van der Waals surface area contributed by atoms with Crippen LogP contribution in [0.15, 0.2) is 30.3 Å². The molecule has 18 heavy (non-hydrogen) atoms. The van der Waals surface area contributed by atoms with Crippen molar-refractivity contribution in [3.63, 3.8) is 0 Å². The summed E-state index contributed by atoms with van der Waals surface area (Å²) in [6.45, 7) is 7.52. The van der Waals surface area contributed by atoms with Crippen LogP contribution in [0.3, 0.4) is 0 Å². The van der Waals surface area contributed by atoms with Crippen LogP contribution in [0.1, 0.15) is 31.5 Å². The minimum Gasteiger partial charge on any atom is -0.315 e. The average molecular weight is 242 g/mol. The van der Waals surface area contributed by atoms with Crippen molar-refractivity contribution in [1.29, 1.82) is 0 Å². The zero-order valence-electron chi connectivity index (χ0n) is 11.5. The monoisotopic (exact) mass is 242 g/mol. The Morgan fingerprint density at radius 3 is 2.83 bits per heavy atom. The number of para-hydroxylation sites is 1. The normalized spacial score (nSPS) is 12.8. The van der Waals surface area contributed by atoms with E-state index in [4.69, 9.17) is 0 Å². The van der Waals surface area contributed by atoms with Crippen LogP contribution >= 0.6 is 0 Å². The Labute approximate surface area is 109 Å². The largest absolute Gasteiger partial charge is 0.315 e. The number of rotatable bonds is 5. The summed E-state index contributed by atoms with van der Waals surface area (Å²) in [4.78, 5) is 4.58. The van der Waals surface area contributed by atoms with Gasteiger partial charge in [0.05, 0.1) is 5.52 Å². The first-order chi connectivity index (χ1) is 8.70. The Morgan fingerprint density at radius 1 is 1.28 bits per heavy atom. The predicted molar refractivity (Wildman–Crippen MR) is 77.9 cm³/mol. The summed E-state index contributed by atoms with van der Waals surface area (Å²) < 4.78 is 0. The van der Waals surface area contributed by atoms with E-state index in [1.807, 2.05) is 0 Å². The lowest BCUT2D eigenvalue weighted by Crippen LogP contribution is -2.25. The Balaban J connectivity index is 2.21. The third kappa shape index (κ3) is 3.08. The van der Waals surface area contributed by atoms with Crippen LogP contribution in [-0.4, -0.2) is 17.6 Å². The molecule has 2 heteroatoms. The Hall–Kier alpha value is -1.41. The highest BCUT2D eigenvalue weighted by Crippen LogP contribution is 2.19. The van der Waals surface area contributed by atoms with E-state index in [0.717, 1.165) is 24.2 Å². The molecule has 0 fully saturated rings. The van der Waals surface area contributed by atoms with Gasteiger partial charge in [-0.05, 0) is 50.9 Å². The quantitative estimate of drug-likeness (QED) is 0.868. The number of nitrogens with one attached hydrogen (secondary N) is 1. The number of hydrogen-bond acceptors (Lipinski definition) is 2. The average Bonchev–Trinajstić information content (AvgIpc) is 2.36. The lowest BCUT2D eigenvalue weighted by molar-refractivity contribution is 0.531. The Kier molecular flexibility index (Phi) is 4.32. The molecule has 1 atom stereocenters. The predicted octanol–water partition coefficient (Wildman–Crippen LogP) is 3.47. The topological polar surface area (TPSA) is 24.9 Å². The van der Waals surface area contributed by atoms with Gasteiger partial charge in [0, 0.05) is 17.1 Å². The molecular formula is C16H22N2. The highest BCUT2D eigenvalue weighted by Gasteiger charge is 2.06. The molecule has 0 radical (unpaired) electrons. The van der Waals surface area contributed by atoms with Crippen LogP contribution in [0.5, 0.6) is 0 Å². The fourth-order valence-electron chi connectivity index (χ4n) is 2.42. The van der Waals surface area contributed by atoms with Gasteiger partial charge in [-0.1, -0.05) is 25.1 Å². The van der Waals surface area contributed by atoms with Gasteiger partial charge in [0.25, 0.3) is 0 Å². The van der Waals surface area contributed by atoms with E-state index in [-0.39, 0.29) is 0 Å². The first kappa shape index (κ1) is 13.0. The number of nitrogens with zero attached hydrogens (tertiary/aromatic N) is 1. The van der Waals surface area contributed by atoms with Crippen LogP contribution in [0.25, 0.3) is 10.9 Å². The maximum atomic E-state index is 4.58. The molecule has 2 rings (SSSR count). The molecule has 0 amide bonds. The first-order valence-electron chi connectivity index (χ1n) is 6.79. The van der Waals surface area contributed by atoms with Gasteiger partial charge in [-0.2, -0.15) is 0 Å². The molecule has 0 bridgehead atoms. The van der Waals surface area contributed by atoms with E-state index in [1.54, 1.807) is 0 Å². The van der Waals surface area contributed by atoms with Crippen molar-refractivity contribution >= 4 is 10.9 Å². The van der Waals surface area contributed by atoms with Crippen molar-refractivity contribution in [3.8, 4) is 0 Å². The highest BCUT2D eigenvalue weighted by atomic mass is 14.9. The van der Waals surface area contributed by atoms with E-state index < -0.39 is 0 Å². The number of benzene rings is 1. The third-order valence-electron chi connectivity index (χ3n) is 3.33. The zero-order valence-corrected chi connectivity index (χ0v) is 11.5. The third-order valence-corrected chi connectivity index (χ3v) is 3.33. The zero-order chi connectivity index (χ0) is 13.0. The van der Waals surface area contributed by atoms with E-state index in [1.165, 1.54) is 17.4 Å². The molecule has 96 valence electrons. The second-order valence-corrected chi connectivity index (χ2v) is 4.94. The lowest BCUT2D eigenvalue weighted by atomic mass is 10.0. The van der Waals surface area contributed by atoms with Crippen LogP contribution in [0.4, 0.5) is 0 Å². The van der Waals surface area contributed by atoms with E-state index in [0.29, 0.717) is 6.04 Å². The molecule has 1 aromatic heterocycles. The van der Waals surface area contributed by atoms with E-state index >= 15 is 0 Å². The Morgan fingerprint density at radius 2 is 2.06 bits per heavy atom. The summed E-state index contributed by atoms with van der Waals surface area (Å²) >= 11 is 0. The lowest BCUT2D eigenvalue weighted by Gasteiger charge is -2.13. The number of aromatic nitrogens is 1. The molecule has 0 saturated carbocycles. The fourth-order valence-corrected chi connectivity index (χ4v) is 2.42. The van der Waals surface area contributed by atoms with Gasteiger partial charge < -0.3 is 5.32 Å². The van der Waals surface area contributed by atoms with Gasteiger partial charge in [-0.25, -0.2) is 0 Å². The van der Waals surface area contributed by atoms with Crippen molar-refractivity contribution in [2.75, 3.05) is 6.54 Å². The van der Waals surface area contributed by atoms with Crippen LogP contribution < -0.4 is 5.32 Å². The van der Waals surface area contributed by atoms with Gasteiger partial charge in [-0.3, -0.25) is 4.98 Å². The molecule has 0 aliphatic rings. The van der Waals surface area contributed by atoms with Crippen LogP contribution in [0, 0.1) is 6.92 Å². The van der Waals surface area contributed by atoms with Gasteiger partial charge in [0.2, 0.25) is 0 Å². The fraction of sp³-hybridized carbons (Fsp3) is 0.438. The van der Waals surface area contributed by atoms with Crippen molar-refractivity contribution in [1.82, 2.24) is 10.3 Å². The molecule has 0 aliphatic carbocycles. The number of pyridine rings is 1. The molecule has 2 nitrogen and oxygen atoms in total. The second kappa shape index (κ2) is 5.96.